The number of aliphatic hydroxyl groups excluding tert-OH is 1. The Morgan fingerprint density at radius 1 is 1.32 bits per heavy atom. The van der Waals surface area contributed by atoms with Crippen LogP contribution in [0.5, 0.6) is 0 Å². The first kappa shape index (κ1) is 19.4. The average molecular weight is 343 g/mol. The minimum absolute atomic E-state index is 0.0837. The number of aliphatic hydroxyl groups is 1. The molecular formula is C20H29N3O2. The van der Waals surface area contributed by atoms with Crippen molar-refractivity contribution in [2.75, 3.05) is 13.2 Å². The Bertz CT molecular complexity index is 576. The van der Waals surface area contributed by atoms with Crippen LogP contribution in [0.25, 0.3) is 0 Å². The lowest BCUT2D eigenvalue weighted by molar-refractivity contribution is -0.124. The Morgan fingerprint density at radius 2 is 2.00 bits per heavy atom. The molecule has 1 aliphatic carbocycles. The first-order valence-electron chi connectivity index (χ1n) is 9.20. The second-order valence-corrected chi connectivity index (χ2v) is 7.05. The molecular weight excluding hydrogens is 314 g/mol. The van der Waals surface area contributed by atoms with Crippen LogP contribution in [0.2, 0.25) is 0 Å². The van der Waals surface area contributed by atoms with E-state index in [2.05, 4.69) is 16.3 Å². The van der Waals surface area contributed by atoms with Crippen LogP contribution in [0.15, 0.2) is 30.3 Å². The molecule has 1 fully saturated rings. The topological polar surface area (TPSA) is 76.4 Å². The van der Waals surface area contributed by atoms with Crippen LogP contribution >= 0.6 is 0 Å². The van der Waals surface area contributed by atoms with Gasteiger partial charge in [-0.1, -0.05) is 49.6 Å². The number of carbonyl (C=O) groups excluding carboxylic acids is 1. The normalized spacial score (nSPS) is 17.7. The highest BCUT2D eigenvalue weighted by Crippen LogP contribution is 2.27. The number of nitrogens with zero attached hydrogens (tertiary/aromatic N) is 2. The lowest BCUT2D eigenvalue weighted by Crippen LogP contribution is -2.52. The molecule has 0 bridgehead atoms. The summed E-state index contributed by atoms with van der Waals surface area (Å²) in [6.45, 7) is 3.00. The summed E-state index contributed by atoms with van der Waals surface area (Å²) >= 11 is 0. The van der Waals surface area contributed by atoms with E-state index in [1.807, 2.05) is 37.3 Å². The van der Waals surface area contributed by atoms with Crippen molar-refractivity contribution in [3.8, 4) is 6.07 Å². The van der Waals surface area contributed by atoms with Gasteiger partial charge in [0.2, 0.25) is 5.91 Å². The number of nitriles is 1. The summed E-state index contributed by atoms with van der Waals surface area (Å²) in [5.74, 6) is -0.107. The van der Waals surface area contributed by atoms with Gasteiger partial charge in [0.1, 0.15) is 5.54 Å². The molecule has 0 saturated heterocycles. The van der Waals surface area contributed by atoms with Crippen LogP contribution in [-0.4, -0.2) is 40.6 Å². The summed E-state index contributed by atoms with van der Waals surface area (Å²) in [5.41, 5.74) is 0.432. The second kappa shape index (κ2) is 9.55. The van der Waals surface area contributed by atoms with Crippen molar-refractivity contribution < 1.29 is 9.90 Å². The van der Waals surface area contributed by atoms with E-state index in [4.69, 9.17) is 0 Å². The van der Waals surface area contributed by atoms with E-state index >= 15 is 0 Å². The number of hydrogen-bond acceptors (Lipinski definition) is 4. The van der Waals surface area contributed by atoms with Gasteiger partial charge in [0.05, 0.1) is 12.6 Å². The number of carbonyl (C=O) groups is 1. The van der Waals surface area contributed by atoms with Crippen molar-refractivity contribution in [3.05, 3.63) is 35.9 Å². The average Bonchev–Trinajstić information content (AvgIpc) is 2.63. The van der Waals surface area contributed by atoms with Crippen molar-refractivity contribution in [3.63, 3.8) is 0 Å². The van der Waals surface area contributed by atoms with Crippen molar-refractivity contribution in [1.82, 2.24) is 10.2 Å². The highest BCUT2D eigenvalue weighted by atomic mass is 16.3. The maximum atomic E-state index is 12.6. The number of amides is 1. The highest BCUT2D eigenvalue weighted by molar-refractivity contribution is 5.79. The van der Waals surface area contributed by atoms with Crippen LogP contribution in [0.1, 0.15) is 51.0 Å². The van der Waals surface area contributed by atoms with Crippen LogP contribution < -0.4 is 5.32 Å². The molecule has 0 spiro atoms. The van der Waals surface area contributed by atoms with Gasteiger partial charge in [-0.15, -0.1) is 0 Å². The van der Waals surface area contributed by atoms with E-state index in [1.165, 1.54) is 0 Å². The molecule has 25 heavy (non-hydrogen) atoms. The Balaban J connectivity index is 2.02. The monoisotopic (exact) mass is 343 g/mol. The predicted molar refractivity (Wildman–Crippen MR) is 97.6 cm³/mol. The molecule has 5 nitrogen and oxygen atoms in total. The van der Waals surface area contributed by atoms with Crippen molar-refractivity contribution in [1.29, 1.82) is 5.26 Å². The second-order valence-electron chi connectivity index (χ2n) is 7.05. The molecule has 1 atom stereocenters. The predicted octanol–water partition coefficient (Wildman–Crippen LogP) is 2.60. The summed E-state index contributed by atoms with van der Waals surface area (Å²) in [6.07, 6.45) is 5.20. The lowest BCUT2D eigenvalue weighted by Gasteiger charge is -2.34. The molecule has 2 rings (SSSR count). The maximum absolute atomic E-state index is 12.6. The van der Waals surface area contributed by atoms with Crippen LogP contribution in [0.4, 0.5) is 0 Å². The molecule has 2 N–H and O–H groups in total. The highest BCUT2D eigenvalue weighted by Gasteiger charge is 2.34. The fraction of sp³-hybridized carbons (Fsp3) is 0.600. The third kappa shape index (κ3) is 5.84. The van der Waals surface area contributed by atoms with Crippen LogP contribution in [0, 0.1) is 11.3 Å². The number of nitrogens with one attached hydrogen (secondary N) is 1. The Kier molecular flexibility index (Phi) is 7.42. The first-order valence-corrected chi connectivity index (χ1v) is 9.20. The van der Waals surface area contributed by atoms with Gasteiger partial charge in [0.25, 0.3) is 0 Å². The van der Waals surface area contributed by atoms with Crippen molar-refractivity contribution in [2.24, 2.45) is 0 Å². The summed E-state index contributed by atoms with van der Waals surface area (Å²) in [4.78, 5) is 14.7. The van der Waals surface area contributed by atoms with Crippen LogP contribution in [0.3, 0.4) is 0 Å². The van der Waals surface area contributed by atoms with Gasteiger partial charge < -0.3 is 10.4 Å². The largest absolute Gasteiger partial charge is 0.396 e. The molecule has 1 amide bonds. The van der Waals surface area contributed by atoms with Crippen LogP contribution in [-0.2, 0) is 11.3 Å². The van der Waals surface area contributed by atoms with Gasteiger partial charge in [-0.05, 0) is 31.7 Å². The van der Waals surface area contributed by atoms with Gasteiger partial charge in [0.15, 0.2) is 0 Å². The van der Waals surface area contributed by atoms with E-state index in [0.29, 0.717) is 13.0 Å². The summed E-state index contributed by atoms with van der Waals surface area (Å²) in [6, 6.07) is 12.4. The van der Waals surface area contributed by atoms with Crippen molar-refractivity contribution in [2.45, 2.75) is 63.6 Å². The van der Waals surface area contributed by atoms with E-state index in [-0.39, 0.29) is 25.1 Å². The zero-order valence-corrected chi connectivity index (χ0v) is 15.1. The Labute approximate surface area is 150 Å². The number of hydrogen-bond donors (Lipinski definition) is 2. The smallest absolute Gasteiger partial charge is 0.235 e. The molecule has 1 saturated carbocycles. The SMILES string of the molecule is CC(CCO)N(CC(=O)NC1(C#N)CCCCC1)Cc1ccccc1. The van der Waals surface area contributed by atoms with Gasteiger partial charge in [0, 0.05) is 19.2 Å². The molecule has 1 unspecified atom stereocenters. The molecule has 0 heterocycles. The first-order chi connectivity index (χ1) is 12.1. The molecule has 1 aromatic carbocycles. The quantitative estimate of drug-likeness (QED) is 0.761. The molecule has 1 aliphatic rings. The van der Waals surface area contributed by atoms with Gasteiger partial charge in [-0.3, -0.25) is 9.69 Å². The third-order valence-corrected chi connectivity index (χ3v) is 5.05. The Morgan fingerprint density at radius 3 is 2.60 bits per heavy atom. The van der Waals surface area contributed by atoms with Crippen molar-refractivity contribution >= 4 is 5.91 Å². The molecule has 0 aliphatic heterocycles. The summed E-state index contributed by atoms with van der Waals surface area (Å²) in [5, 5.41) is 21.8. The zero-order chi connectivity index (χ0) is 18.1. The minimum atomic E-state index is -0.700. The molecule has 1 aromatic rings. The van der Waals surface area contributed by atoms with E-state index in [0.717, 1.165) is 37.7 Å². The number of rotatable bonds is 8. The number of benzene rings is 1. The fourth-order valence-corrected chi connectivity index (χ4v) is 3.47. The fourth-order valence-electron chi connectivity index (χ4n) is 3.47. The third-order valence-electron chi connectivity index (χ3n) is 5.05. The molecule has 136 valence electrons. The zero-order valence-electron chi connectivity index (χ0n) is 15.1. The molecule has 0 aromatic heterocycles. The van der Waals surface area contributed by atoms with E-state index in [9.17, 15) is 15.2 Å². The minimum Gasteiger partial charge on any atom is -0.396 e. The van der Waals surface area contributed by atoms with Gasteiger partial charge in [-0.25, -0.2) is 0 Å². The summed E-state index contributed by atoms with van der Waals surface area (Å²) < 4.78 is 0. The standard InChI is InChI=1S/C20H29N3O2/c1-17(10-13-24)23(14-18-8-4-2-5-9-18)15-19(25)22-20(16-21)11-6-3-7-12-20/h2,4-5,8-9,17,24H,3,6-7,10-15H2,1H3,(H,22,25). The van der Waals surface area contributed by atoms with E-state index < -0.39 is 5.54 Å². The maximum Gasteiger partial charge on any atom is 0.235 e. The molecule has 5 heteroatoms. The summed E-state index contributed by atoms with van der Waals surface area (Å²) in [7, 11) is 0. The van der Waals surface area contributed by atoms with Gasteiger partial charge in [-0.2, -0.15) is 5.26 Å². The van der Waals surface area contributed by atoms with E-state index in [1.54, 1.807) is 0 Å². The molecule has 0 radical (unpaired) electrons. The Hall–Kier alpha value is -1.90. The lowest BCUT2D eigenvalue weighted by atomic mass is 9.83. The van der Waals surface area contributed by atoms with Gasteiger partial charge >= 0.3 is 0 Å².